The summed E-state index contributed by atoms with van der Waals surface area (Å²) in [6.45, 7) is 5.60. The highest BCUT2D eigenvalue weighted by atomic mass is 16.2. The Bertz CT molecular complexity index is 693. The van der Waals surface area contributed by atoms with E-state index >= 15 is 0 Å². The van der Waals surface area contributed by atoms with E-state index in [9.17, 15) is 9.59 Å². The molecule has 1 aromatic rings. The average Bonchev–Trinajstić information content (AvgIpc) is 3.52. The first-order valence-electron chi connectivity index (χ1n) is 10.5. The van der Waals surface area contributed by atoms with Crippen molar-refractivity contribution < 1.29 is 9.59 Å². The minimum absolute atomic E-state index is 0.144. The van der Waals surface area contributed by atoms with E-state index in [1.54, 1.807) is 0 Å². The van der Waals surface area contributed by atoms with Crippen molar-refractivity contribution in [2.45, 2.75) is 57.5 Å². The lowest BCUT2D eigenvalue weighted by atomic mass is 9.93. The zero-order chi connectivity index (χ0) is 18.8. The van der Waals surface area contributed by atoms with Crippen LogP contribution in [0.1, 0.15) is 54.4 Å². The second-order valence-electron chi connectivity index (χ2n) is 8.46. The van der Waals surface area contributed by atoms with Crippen LogP contribution in [0, 0.1) is 12.8 Å². The van der Waals surface area contributed by atoms with Crippen LogP contribution in [0.5, 0.6) is 0 Å². The van der Waals surface area contributed by atoms with Gasteiger partial charge >= 0.3 is 0 Å². The van der Waals surface area contributed by atoms with Crippen molar-refractivity contribution in [3.63, 3.8) is 0 Å². The maximum atomic E-state index is 12.8. The Morgan fingerprint density at radius 2 is 1.74 bits per heavy atom. The number of hydrogen-bond donors (Lipinski definition) is 1. The van der Waals surface area contributed by atoms with Crippen LogP contribution in [0.3, 0.4) is 0 Å². The Morgan fingerprint density at radius 1 is 1.00 bits per heavy atom. The second kappa shape index (κ2) is 8.01. The van der Waals surface area contributed by atoms with Gasteiger partial charge in [0.05, 0.1) is 5.92 Å². The third kappa shape index (κ3) is 4.34. The summed E-state index contributed by atoms with van der Waals surface area (Å²) in [5.74, 6) is 0.562. The van der Waals surface area contributed by atoms with E-state index in [1.165, 1.54) is 0 Å². The molecule has 0 bridgehead atoms. The molecule has 2 saturated heterocycles. The molecule has 27 heavy (non-hydrogen) atoms. The van der Waals surface area contributed by atoms with Crippen LogP contribution in [-0.2, 0) is 4.79 Å². The molecule has 146 valence electrons. The Balaban J connectivity index is 1.30. The third-order valence-electron chi connectivity index (χ3n) is 6.39. The van der Waals surface area contributed by atoms with Gasteiger partial charge in [0.15, 0.2) is 0 Å². The van der Waals surface area contributed by atoms with Gasteiger partial charge in [-0.05, 0) is 63.6 Å². The van der Waals surface area contributed by atoms with Crippen molar-refractivity contribution in [3.05, 3.63) is 35.4 Å². The van der Waals surface area contributed by atoms with Crippen molar-refractivity contribution >= 4 is 11.8 Å². The Kier molecular flexibility index (Phi) is 5.48. The first-order valence-corrected chi connectivity index (χ1v) is 10.5. The third-order valence-corrected chi connectivity index (χ3v) is 6.39. The van der Waals surface area contributed by atoms with E-state index in [-0.39, 0.29) is 17.7 Å². The molecule has 1 aromatic carbocycles. The molecule has 0 radical (unpaired) electrons. The zero-order valence-corrected chi connectivity index (χ0v) is 16.3. The summed E-state index contributed by atoms with van der Waals surface area (Å²) >= 11 is 0. The molecule has 2 aliphatic heterocycles. The van der Waals surface area contributed by atoms with Crippen LogP contribution >= 0.6 is 0 Å². The molecule has 1 unspecified atom stereocenters. The van der Waals surface area contributed by atoms with Crippen LogP contribution in [-0.4, -0.2) is 59.9 Å². The normalized spacial score (nSPS) is 24.6. The number of likely N-dealkylation sites (tertiary alicyclic amines) is 2. The fourth-order valence-corrected chi connectivity index (χ4v) is 4.52. The van der Waals surface area contributed by atoms with Crippen molar-refractivity contribution in [1.82, 2.24) is 15.1 Å². The number of hydrogen-bond acceptors (Lipinski definition) is 3. The molecular weight excluding hydrogens is 338 g/mol. The highest BCUT2D eigenvalue weighted by Gasteiger charge is 2.34. The number of benzene rings is 1. The first-order chi connectivity index (χ1) is 13.1. The monoisotopic (exact) mass is 369 g/mol. The van der Waals surface area contributed by atoms with E-state index in [0.29, 0.717) is 12.1 Å². The number of carbonyl (C=O) groups excluding carboxylic acids is 2. The van der Waals surface area contributed by atoms with Crippen LogP contribution in [0.2, 0.25) is 0 Å². The number of carbonyl (C=O) groups is 2. The molecule has 4 rings (SSSR count). The van der Waals surface area contributed by atoms with Gasteiger partial charge in [-0.25, -0.2) is 0 Å². The SMILES string of the molecule is Cc1ccccc1C(=O)N1CCC(N2CCCC(C(=O)NC3CC3)C2)CC1. The molecule has 2 heterocycles. The first kappa shape index (κ1) is 18.5. The molecule has 0 spiro atoms. The van der Waals surface area contributed by atoms with Crippen LogP contribution in [0.4, 0.5) is 0 Å². The zero-order valence-electron chi connectivity index (χ0n) is 16.3. The Morgan fingerprint density at radius 3 is 2.44 bits per heavy atom. The van der Waals surface area contributed by atoms with Crippen molar-refractivity contribution in [3.8, 4) is 0 Å². The number of nitrogens with one attached hydrogen (secondary N) is 1. The maximum Gasteiger partial charge on any atom is 0.254 e. The second-order valence-corrected chi connectivity index (χ2v) is 8.46. The lowest BCUT2D eigenvalue weighted by Gasteiger charge is -2.42. The van der Waals surface area contributed by atoms with Crippen LogP contribution < -0.4 is 5.32 Å². The molecule has 0 aromatic heterocycles. The molecule has 1 atom stereocenters. The molecule has 1 saturated carbocycles. The van der Waals surface area contributed by atoms with Crippen molar-refractivity contribution in [1.29, 1.82) is 0 Å². The predicted octanol–water partition coefficient (Wildman–Crippen LogP) is 2.59. The van der Waals surface area contributed by atoms with E-state index in [1.807, 2.05) is 36.1 Å². The standard InChI is InChI=1S/C22H31N3O2/c1-16-5-2-3-7-20(16)22(27)24-13-10-19(11-14-24)25-12-4-6-17(15-25)21(26)23-18-8-9-18/h2-3,5,7,17-19H,4,6,8-15H2,1H3,(H,23,26). The average molecular weight is 370 g/mol. The van der Waals surface area contributed by atoms with Crippen LogP contribution in [0.15, 0.2) is 24.3 Å². The van der Waals surface area contributed by atoms with Gasteiger partial charge in [0.25, 0.3) is 5.91 Å². The Labute approximate surface area is 162 Å². The van der Waals surface area contributed by atoms with E-state index in [0.717, 1.165) is 75.8 Å². The molecule has 5 nitrogen and oxygen atoms in total. The van der Waals surface area contributed by atoms with E-state index in [2.05, 4.69) is 10.2 Å². The Hall–Kier alpha value is -1.88. The lowest BCUT2D eigenvalue weighted by molar-refractivity contribution is -0.127. The predicted molar refractivity (Wildman–Crippen MR) is 106 cm³/mol. The number of aryl methyl sites for hydroxylation is 1. The molecule has 5 heteroatoms. The summed E-state index contributed by atoms with van der Waals surface area (Å²) in [6, 6.07) is 8.79. The number of piperidine rings is 2. The van der Waals surface area contributed by atoms with E-state index < -0.39 is 0 Å². The summed E-state index contributed by atoms with van der Waals surface area (Å²) in [5, 5.41) is 3.17. The molecule has 1 aliphatic carbocycles. The summed E-state index contributed by atoms with van der Waals surface area (Å²) < 4.78 is 0. The van der Waals surface area contributed by atoms with E-state index in [4.69, 9.17) is 0 Å². The highest BCUT2D eigenvalue weighted by molar-refractivity contribution is 5.95. The number of rotatable bonds is 4. The fraction of sp³-hybridized carbons (Fsp3) is 0.636. The topological polar surface area (TPSA) is 52.7 Å². The molecule has 3 aliphatic rings. The molecule has 2 amide bonds. The largest absolute Gasteiger partial charge is 0.353 e. The highest BCUT2D eigenvalue weighted by Crippen LogP contribution is 2.26. The van der Waals surface area contributed by atoms with Gasteiger partial charge in [-0.1, -0.05) is 18.2 Å². The van der Waals surface area contributed by atoms with Gasteiger partial charge in [0.2, 0.25) is 5.91 Å². The molecule has 1 N–H and O–H groups in total. The fourth-order valence-electron chi connectivity index (χ4n) is 4.52. The van der Waals surface area contributed by atoms with Gasteiger partial charge in [-0.15, -0.1) is 0 Å². The summed E-state index contributed by atoms with van der Waals surface area (Å²) in [6.07, 6.45) is 6.43. The van der Waals surface area contributed by atoms with Gasteiger partial charge in [-0.3, -0.25) is 14.5 Å². The van der Waals surface area contributed by atoms with Crippen molar-refractivity contribution in [2.24, 2.45) is 5.92 Å². The smallest absolute Gasteiger partial charge is 0.254 e. The summed E-state index contributed by atoms with van der Waals surface area (Å²) in [4.78, 5) is 29.7. The summed E-state index contributed by atoms with van der Waals surface area (Å²) in [5.41, 5.74) is 1.87. The van der Waals surface area contributed by atoms with Gasteiger partial charge < -0.3 is 10.2 Å². The van der Waals surface area contributed by atoms with Crippen molar-refractivity contribution in [2.75, 3.05) is 26.2 Å². The number of nitrogens with zero attached hydrogens (tertiary/aromatic N) is 2. The minimum Gasteiger partial charge on any atom is -0.353 e. The maximum absolute atomic E-state index is 12.8. The number of amides is 2. The van der Waals surface area contributed by atoms with Crippen LogP contribution in [0.25, 0.3) is 0 Å². The van der Waals surface area contributed by atoms with Gasteiger partial charge in [0.1, 0.15) is 0 Å². The summed E-state index contributed by atoms with van der Waals surface area (Å²) in [7, 11) is 0. The minimum atomic E-state index is 0.144. The van der Waals surface area contributed by atoms with Gasteiger partial charge in [0, 0.05) is 37.3 Å². The lowest BCUT2D eigenvalue weighted by Crippen LogP contribution is -2.51. The molecule has 3 fully saturated rings. The quantitative estimate of drug-likeness (QED) is 0.888. The van der Waals surface area contributed by atoms with Gasteiger partial charge in [-0.2, -0.15) is 0 Å². The molecular formula is C22H31N3O2.